The molecule has 0 bridgehead atoms. The van der Waals surface area contributed by atoms with Crippen LogP contribution in [0.4, 0.5) is 0 Å². The first-order valence-electron chi connectivity index (χ1n) is 1.91. The van der Waals surface area contributed by atoms with Crippen molar-refractivity contribution >= 4 is 0 Å². The summed E-state index contributed by atoms with van der Waals surface area (Å²) in [4.78, 5) is 0. The van der Waals surface area contributed by atoms with Gasteiger partial charge in [-0.2, -0.15) is 0 Å². The molecule has 0 heterocycles. The summed E-state index contributed by atoms with van der Waals surface area (Å²) in [5.74, 6) is 0. The van der Waals surface area contributed by atoms with Crippen LogP contribution in [0.15, 0.2) is 0 Å². The van der Waals surface area contributed by atoms with E-state index in [-0.39, 0.29) is 5.41 Å². The summed E-state index contributed by atoms with van der Waals surface area (Å²) in [6.45, 7) is 14.1. The fourth-order valence-electron chi connectivity index (χ4n) is 0. The van der Waals surface area contributed by atoms with Gasteiger partial charge in [-0.15, -0.1) is 0 Å². The van der Waals surface area contributed by atoms with Crippen LogP contribution in [0.5, 0.6) is 0 Å². The Morgan fingerprint density at radius 3 is 1.67 bits per heavy atom. The standard InChI is InChI=1S/C6H9/c1-5-6(2,3)4/h1-2,5H,3-4H3. The van der Waals surface area contributed by atoms with E-state index in [2.05, 4.69) is 0 Å². The Hall–Kier alpha value is 0. The topological polar surface area (TPSA) is 0 Å². The zero-order chi connectivity index (χ0) is 5.21. The zero-order valence-electron chi connectivity index (χ0n) is 4.23. The van der Waals surface area contributed by atoms with Crippen molar-refractivity contribution in [2.45, 2.75) is 13.8 Å². The number of hydrogen-bond donors (Lipinski definition) is 0. The Kier molecular flexibility index (Phi) is 1.63. The molecule has 0 aliphatic rings. The fraction of sp³-hybridized carbons (Fsp3) is 0.500. The quantitative estimate of drug-likeness (QED) is 0.450. The van der Waals surface area contributed by atoms with Crippen molar-refractivity contribution in [3.05, 3.63) is 20.3 Å². The Balaban J connectivity index is 3.17. The third kappa shape index (κ3) is 4.00. The summed E-state index contributed by atoms with van der Waals surface area (Å²) in [7, 11) is 0. The molecule has 0 rings (SSSR count). The van der Waals surface area contributed by atoms with Gasteiger partial charge in [-0.25, -0.2) is 0 Å². The average molecular weight is 81.1 g/mol. The van der Waals surface area contributed by atoms with Gasteiger partial charge in [0.25, 0.3) is 0 Å². The molecular formula is C6H9. The van der Waals surface area contributed by atoms with Crippen LogP contribution in [0, 0.1) is 25.7 Å². The van der Waals surface area contributed by atoms with Gasteiger partial charge in [0.15, 0.2) is 0 Å². The number of hydrogen-bond acceptors (Lipinski definition) is 0. The van der Waals surface area contributed by atoms with Gasteiger partial charge in [-0.05, 0) is 25.7 Å². The van der Waals surface area contributed by atoms with E-state index in [1.165, 1.54) is 6.42 Å². The summed E-state index contributed by atoms with van der Waals surface area (Å²) in [5, 5.41) is 0. The lowest BCUT2D eigenvalue weighted by Crippen LogP contribution is -2.02. The molecule has 0 aromatic carbocycles. The highest BCUT2D eigenvalue weighted by molar-refractivity contribution is 4.88. The molecule has 5 radical (unpaired) electrons. The highest BCUT2D eigenvalue weighted by atomic mass is 14.1. The lowest BCUT2D eigenvalue weighted by Gasteiger charge is -2.11. The second kappa shape index (κ2) is 1.63. The fourth-order valence-corrected chi connectivity index (χ4v) is 0. The van der Waals surface area contributed by atoms with Gasteiger partial charge in [0.05, 0.1) is 0 Å². The molecule has 0 heteroatoms. The van der Waals surface area contributed by atoms with Gasteiger partial charge in [-0.3, -0.25) is 0 Å². The van der Waals surface area contributed by atoms with Gasteiger partial charge >= 0.3 is 0 Å². The van der Waals surface area contributed by atoms with Crippen LogP contribution in [0.3, 0.4) is 0 Å². The van der Waals surface area contributed by atoms with Crippen LogP contribution in [-0.4, -0.2) is 0 Å². The first-order chi connectivity index (χ1) is 2.56. The van der Waals surface area contributed by atoms with Crippen LogP contribution in [0.2, 0.25) is 0 Å². The molecular weight excluding hydrogens is 72.1 g/mol. The van der Waals surface area contributed by atoms with Crippen LogP contribution < -0.4 is 0 Å². The van der Waals surface area contributed by atoms with Crippen molar-refractivity contribution in [1.82, 2.24) is 0 Å². The van der Waals surface area contributed by atoms with Crippen LogP contribution >= 0.6 is 0 Å². The molecule has 6 heavy (non-hydrogen) atoms. The second-order valence-corrected chi connectivity index (χ2v) is 1.99. The van der Waals surface area contributed by atoms with Gasteiger partial charge in [0.1, 0.15) is 0 Å². The maximum atomic E-state index is 5.35. The minimum absolute atomic E-state index is 0.306. The van der Waals surface area contributed by atoms with Crippen LogP contribution in [0.25, 0.3) is 0 Å². The van der Waals surface area contributed by atoms with Crippen molar-refractivity contribution in [2.75, 3.05) is 0 Å². The minimum Gasteiger partial charge on any atom is -0.0593 e. The monoisotopic (exact) mass is 81.1 g/mol. The molecule has 0 N–H and O–H groups in total. The molecule has 0 atom stereocenters. The van der Waals surface area contributed by atoms with Crippen molar-refractivity contribution in [3.8, 4) is 0 Å². The molecule has 0 saturated heterocycles. The molecule has 0 nitrogen and oxygen atoms in total. The Morgan fingerprint density at radius 1 is 1.50 bits per heavy atom. The van der Waals surface area contributed by atoms with E-state index < -0.39 is 0 Å². The maximum absolute atomic E-state index is 5.35. The molecule has 0 fully saturated rings. The van der Waals surface area contributed by atoms with E-state index in [1.54, 1.807) is 0 Å². The van der Waals surface area contributed by atoms with Crippen molar-refractivity contribution in [2.24, 2.45) is 5.41 Å². The summed E-state index contributed by atoms with van der Waals surface area (Å²) < 4.78 is 0. The molecule has 0 amide bonds. The second-order valence-electron chi connectivity index (χ2n) is 1.99. The summed E-state index contributed by atoms with van der Waals surface area (Å²) in [5.41, 5.74) is -0.306. The highest BCUT2D eigenvalue weighted by Crippen LogP contribution is 2.13. The maximum Gasteiger partial charge on any atom is -0.0286 e. The molecule has 0 aliphatic heterocycles. The normalized spacial score (nSPS) is 12.0. The third-order valence-corrected chi connectivity index (χ3v) is 0.430. The SMILES string of the molecule is [CH][CH]C([CH])(C)C. The number of rotatable bonds is 1. The van der Waals surface area contributed by atoms with E-state index >= 15 is 0 Å². The summed E-state index contributed by atoms with van der Waals surface area (Å²) >= 11 is 0. The summed E-state index contributed by atoms with van der Waals surface area (Å²) in [6.07, 6.45) is 1.47. The van der Waals surface area contributed by atoms with Gasteiger partial charge < -0.3 is 0 Å². The minimum atomic E-state index is -0.306. The first-order valence-corrected chi connectivity index (χ1v) is 1.91. The molecule has 0 saturated carbocycles. The molecule has 33 valence electrons. The van der Waals surface area contributed by atoms with Crippen molar-refractivity contribution < 1.29 is 0 Å². The van der Waals surface area contributed by atoms with Crippen molar-refractivity contribution in [1.29, 1.82) is 0 Å². The highest BCUT2D eigenvalue weighted by Gasteiger charge is 2.04. The molecule has 0 unspecified atom stereocenters. The van der Waals surface area contributed by atoms with E-state index in [0.29, 0.717) is 0 Å². The molecule has 0 spiro atoms. The van der Waals surface area contributed by atoms with Crippen LogP contribution in [0.1, 0.15) is 13.8 Å². The van der Waals surface area contributed by atoms with E-state index in [4.69, 9.17) is 13.8 Å². The Bertz CT molecular complexity index is 29.8. The third-order valence-electron chi connectivity index (χ3n) is 0.430. The van der Waals surface area contributed by atoms with Gasteiger partial charge in [0, 0.05) is 0 Å². The largest absolute Gasteiger partial charge is 0.0593 e. The lowest BCUT2D eigenvalue weighted by molar-refractivity contribution is 0.581. The Morgan fingerprint density at radius 2 is 1.67 bits per heavy atom. The van der Waals surface area contributed by atoms with E-state index in [0.717, 1.165) is 0 Å². The first kappa shape index (κ1) is 6.00. The zero-order valence-corrected chi connectivity index (χ0v) is 4.23. The van der Waals surface area contributed by atoms with Gasteiger partial charge in [0.2, 0.25) is 0 Å². The van der Waals surface area contributed by atoms with Crippen LogP contribution in [-0.2, 0) is 0 Å². The smallest absolute Gasteiger partial charge is 0.0286 e. The average Bonchev–Trinajstić information content (AvgIpc) is 1.35. The predicted molar refractivity (Wildman–Crippen MR) is 26.7 cm³/mol. The van der Waals surface area contributed by atoms with Crippen molar-refractivity contribution in [3.63, 3.8) is 0 Å². The molecule has 0 aromatic heterocycles. The lowest BCUT2D eigenvalue weighted by atomic mass is 9.94. The predicted octanol–water partition coefficient (Wildman–Crippen LogP) is 1.64. The van der Waals surface area contributed by atoms with E-state index in [1.807, 2.05) is 13.8 Å². The molecule has 0 aliphatic carbocycles. The Labute approximate surface area is 40.6 Å². The van der Waals surface area contributed by atoms with Gasteiger partial charge in [-0.1, -0.05) is 13.8 Å². The van der Waals surface area contributed by atoms with E-state index in [9.17, 15) is 0 Å². The molecule has 0 aromatic rings. The summed E-state index contributed by atoms with van der Waals surface area (Å²) in [6, 6.07) is 0.